The molecule has 0 fully saturated rings. The molecule has 8 aromatic rings. The molecule has 2 aromatic heterocycles. The molecule has 0 aliphatic carbocycles. The fourth-order valence-corrected chi connectivity index (χ4v) is 16.6. The molecule has 0 aliphatic heterocycles. The number of hydrogen-bond donors (Lipinski definition) is 6. The first-order valence-electron chi connectivity index (χ1n) is 47.3. The Morgan fingerprint density at radius 2 is 0.596 bits per heavy atom. The van der Waals surface area contributed by atoms with E-state index in [1.807, 2.05) is 134 Å². The number of aromatic nitrogens is 2. The standard InChI is InChI=1S/2C33H35FN2O5.3C12H26O4S.Ca.Mg.Na/c2*1-21(2)31-30(33(41)35-25-11-7-4-8-12-25)29(22-9-5-3-6-10-22)32(23-13-15-24(34)16-14-23)36(31)18-17-26(37)19-27(38)20-28(39)40;3*1-2-3-4-5-6-7-8-9-10-11-12-16-17(13,14)15;;;/h2*3-16,21,26-27,37-38H,17-20H2,1-2H3,(H,35,41)(H,39,40);3*2-12H2,1H3,(H,13,14,15);;;/q;;;;;2*+2;+1/p-5/t2*26-,27-;;;;;;/m11....../s1. The summed E-state index contributed by atoms with van der Waals surface area (Å²) in [6.45, 7) is 15.2. The van der Waals surface area contributed by atoms with Crippen molar-refractivity contribution >= 4 is 127 Å². The molecule has 0 bridgehead atoms. The third kappa shape index (κ3) is 54.9. The topological polar surface area (TPSA) is 429 Å². The predicted octanol–water partition coefficient (Wildman–Crippen LogP) is 16.4. The number of aliphatic hydroxyl groups is 4. The third-order valence-corrected chi connectivity index (χ3v) is 23.4. The molecule has 6 N–H and O–H groups in total. The Labute approximate surface area is 875 Å². The molecule has 0 unspecified atom stereocenters. The van der Waals surface area contributed by atoms with Crippen molar-refractivity contribution < 1.29 is 140 Å². The van der Waals surface area contributed by atoms with Crippen molar-refractivity contribution in [2.45, 2.75) is 329 Å². The van der Waals surface area contributed by atoms with Gasteiger partial charge in [0.1, 0.15) is 11.6 Å². The molecule has 26 nitrogen and oxygen atoms in total. The maximum absolute atomic E-state index is 14.0. The van der Waals surface area contributed by atoms with Crippen LogP contribution in [0.4, 0.5) is 20.2 Å². The van der Waals surface area contributed by atoms with Crippen LogP contribution < -0.4 is 50.4 Å². The average Bonchev–Trinajstić information content (AvgIpc) is 1.59. The van der Waals surface area contributed by atoms with Gasteiger partial charge in [0.25, 0.3) is 11.8 Å². The first kappa shape index (κ1) is 128. The Morgan fingerprint density at radius 3 is 0.824 bits per heavy atom. The number of benzene rings is 6. The minimum atomic E-state index is -4.48. The summed E-state index contributed by atoms with van der Waals surface area (Å²) in [7, 11) is -13.5. The van der Waals surface area contributed by atoms with Crippen LogP contribution in [0.1, 0.15) is 324 Å². The summed E-state index contributed by atoms with van der Waals surface area (Å²) in [5.41, 5.74) is 9.43. The number of halogens is 2. The third-order valence-electron chi connectivity index (χ3n) is 22.0. The number of anilines is 2. The molecule has 740 valence electrons. The minimum absolute atomic E-state index is 0. The number of amides is 2. The summed E-state index contributed by atoms with van der Waals surface area (Å²) < 4.78 is 135. The average molecular weight is 2000 g/mol. The second-order valence-electron chi connectivity index (χ2n) is 34.0. The minimum Gasteiger partial charge on any atom is -0.726 e. The van der Waals surface area contributed by atoms with Crippen LogP contribution in [-0.4, -0.2) is 197 Å². The Bertz CT molecular complexity index is 4590. The van der Waals surface area contributed by atoms with Crippen LogP contribution in [-0.2, 0) is 66.4 Å². The number of carbonyl (C=O) groups excluding carboxylic acids is 4. The number of aliphatic carboxylic acids is 2. The number of unbranched alkanes of at least 4 members (excludes halogenated alkanes) is 27. The van der Waals surface area contributed by atoms with E-state index in [1.165, 1.54) is 159 Å². The molecule has 8 rings (SSSR count). The van der Waals surface area contributed by atoms with Gasteiger partial charge in [0.2, 0.25) is 31.2 Å². The zero-order valence-electron chi connectivity index (χ0n) is 81.0. The predicted molar refractivity (Wildman–Crippen MR) is 523 cm³/mol. The first-order valence-corrected chi connectivity index (χ1v) is 51.3. The Morgan fingerprint density at radius 1 is 0.360 bits per heavy atom. The fraction of sp³-hybridized carbons (Fsp3) is 0.529. The van der Waals surface area contributed by atoms with Gasteiger partial charge in [-0.25, -0.2) is 34.0 Å². The van der Waals surface area contributed by atoms with Crippen LogP contribution >= 0.6 is 0 Å². The van der Waals surface area contributed by atoms with Crippen molar-refractivity contribution in [2.24, 2.45) is 0 Å². The second kappa shape index (κ2) is 73.2. The van der Waals surface area contributed by atoms with Gasteiger partial charge in [-0.15, -0.1) is 0 Å². The summed E-state index contributed by atoms with van der Waals surface area (Å²) in [4.78, 5) is 49.8. The summed E-state index contributed by atoms with van der Waals surface area (Å²) in [5, 5.41) is 69.2. The van der Waals surface area contributed by atoms with Crippen molar-refractivity contribution in [1.82, 2.24) is 9.13 Å². The van der Waals surface area contributed by atoms with Gasteiger partial charge in [-0.05, 0) is 152 Å². The molecule has 2 heterocycles. The van der Waals surface area contributed by atoms with Crippen LogP contribution in [0.3, 0.4) is 0 Å². The van der Waals surface area contributed by atoms with Crippen molar-refractivity contribution in [3.05, 3.63) is 204 Å². The van der Waals surface area contributed by atoms with Gasteiger partial charge in [-0.3, -0.25) is 22.1 Å². The van der Waals surface area contributed by atoms with E-state index in [0.717, 1.165) is 61.0 Å². The van der Waals surface area contributed by atoms with E-state index in [9.17, 15) is 97.5 Å². The van der Waals surface area contributed by atoms with Crippen LogP contribution in [0, 0.1) is 11.6 Å². The molecule has 0 aliphatic rings. The van der Waals surface area contributed by atoms with E-state index in [2.05, 4.69) is 44.0 Å². The van der Waals surface area contributed by atoms with Crippen LogP contribution in [0.5, 0.6) is 0 Å². The van der Waals surface area contributed by atoms with Crippen molar-refractivity contribution in [3.63, 3.8) is 0 Å². The number of rotatable bonds is 60. The quantitative estimate of drug-likeness (QED) is 0.00892. The van der Waals surface area contributed by atoms with Gasteiger partial charge < -0.3 is 73.7 Å². The normalized spacial score (nSPS) is 12.1. The van der Waals surface area contributed by atoms with Gasteiger partial charge in [0, 0.05) is 71.8 Å². The maximum atomic E-state index is 14.0. The molecule has 0 saturated heterocycles. The Balaban J connectivity index is 0.000000904. The zero-order valence-corrected chi connectivity index (χ0v) is 89.1. The Hall–Kier alpha value is -5.90. The van der Waals surface area contributed by atoms with Gasteiger partial charge >= 0.3 is 90.3 Å². The number of nitrogens with one attached hydrogen (secondary N) is 2. The summed E-state index contributed by atoms with van der Waals surface area (Å²) >= 11 is 0. The number of nitrogens with zero attached hydrogens (tertiary/aromatic N) is 2. The number of hydrogen-bond acceptors (Lipinski definition) is 22. The summed E-state index contributed by atoms with van der Waals surface area (Å²) in [6, 6.07) is 49.4. The van der Waals surface area contributed by atoms with Gasteiger partial charge in [0.05, 0.1) is 66.8 Å². The maximum Gasteiger partial charge on any atom is 2.00 e. The van der Waals surface area contributed by atoms with E-state index in [4.69, 9.17) is 0 Å². The summed E-state index contributed by atoms with van der Waals surface area (Å²) in [5.74, 6) is -4.41. The number of carboxylic acid groups (broad SMARTS) is 2. The molecule has 34 heteroatoms. The van der Waals surface area contributed by atoms with Gasteiger partial charge in [0.15, 0.2) is 0 Å². The fourth-order valence-electron chi connectivity index (χ4n) is 15.6. The largest absolute Gasteiger partial charge is 2.00 e. The second-order valence-corrected chi connectivity index (χ2v) is 37.2. The zero-order chi connectivity index (χ0) is 98.0. The molecule has 136 heavy (non-hydrogen) atoms. The first-order chi connectivity index (χ1) is 63.5. The molecule has 2 amide bonds. The van der Waals surface area contributed by atoms with E-state index >= 15 is 0 Å². The molecule has 6 aromatic carbocycles. The van der Waals surface area contributed by atoms with E-state index in [-0.39, 0.29) is 173 Å². The molecule has 0 saturated carbocycles. The number of aliphatic hydroxyl groups excluding tert-OH is 4. The Kier molecular flexibility index (Phi) is 69.0. The van der Waals surface area contributed by atoms with Crippen molar-refractivity contribution in [1.29, 1.82) is 0 Å². The molecular weight excluding hydrogens is 1850 g/mol. The van der Waals surface area contributed by atoms with Gasteiger partial charge in [-0.1, -0.05) is 319 Å². The van der Waals surface area contributed by atoms with Crippen molar-refractivity contribution in [2.75, 3.05) is 30.5 Å². The van der Waals surface area contributed by atoms with Crippen LogP contribution in [0.2, 0.25) is 0 Å². The SMILES string of the molecule is CC(C)c1c(C(=O)Nc2ccccc2)c(-c2ccccc2)c(-c2ccc(F)cc2)n1CC[C@@H](O)C[C@@H](O)CC(=O)[O-].CC(C)c1c(C(=O)Nc2ccccc2)c(-c2ccccc2)c(-c2ccc(F)cc2)n1CC[C@@H](O)C[C@@H](O)CC(=O)[O-].CCCCCCCCCCCCOS(=O)(=O)[O-].CCCCCCCCCCCCOS(=O)(=O)[O-].CCCCCCCCCCCCOS(=O)(=O)[O-].[Ca+2].[Mg+2].[Na+]. The monoisotopic (exact) mass is 2000 g/mol. The van der Waals surface area contributed by atoms with Crippen molar-refractivity contribution in [3.8, 4) is 44.8 Å². The van der Waals surface area contributed by atoms with E-state index < -0.39 is 92.0 Å². The molecule has 0 spiro atoms. The van der Waals surface area contributed by atoms with Gasteiger partial charge in [-0.2, -0.15) is 0 Å². The molecule has 0 radical (unpaired) electrons. The number of carboxylic acids is 2. The number of para-hydroxylation sites is 2. The van der Waals surface area contributed by atoms with E-state index in [1.54, 1.807) is 48.5 Å². The smallest absolute Gasteiger partial charge is 0.726 e. The van der Waals surface area contributed by atoms with E-state index in [0.29, 0.717) is 75.4 Å². The van der Waals surface area contributed by atoms with Crippen LogP contribution in [0.25, 0.3) is 44.8 Å². The molecule has 4 atom stereocenters. The van der Waals surface area contributed by atoms with Crippen LogP contribution in [0.15, 0.2) is 170 Å². The molecular formula is C102H143CaF2MgN4NaO22S3. The number of carbonyl (C=O) groups is 4. The summed E-state index contributed by atoms with van der Waals surface area (Å²) in [6.07, 6.45) is 29.6.